The lowest BCUT2D eigenvalue weighted by molar-refractivity contribution is 0.0449. The number of benzene rings is 2. The number of hydrogen-bond donors (Lipinski definition) is 1. The molecule has 2 aromatic carbocycles. The maximum Gasteiger partial charge on any atom is 0.261 e. The first-order valence-electron chi connectivity index (χ1n) is 10.3. The van der Waals surface area contributed by atoms with Crippen LogP contribution in [0.1, 0.15) is 44.5 Å². The van der Waals surface area contributed by atoms with Crippen molar-refractivity contribution in [1.82, 2.24) is 14.8 Å². The molecule has 0 spiro atoms. The Labute approximate surface area is 178 Å². The largest absolute Gasteiger partial charge is 0.390 e. The van der Waals surface area contributed by atoms with Crippen LogP contribution in [0.15, 0.2) is 48.5 Å². The summed E-state index contributed by atoms with van der Waals surface area (Å²) in [5.74, 6) is -0.180. The first kappa shape index (κ1) is 19.4. The second kappa shape index (κ2) is 7.91. The number of imide groups is 1. The zero-order valence-corrected chi connectivity index (χ0v) is 17.3. The highest BCUT2D eigenvalue weighted by Gasteiger charge is 2.36. The van der Waals surface area contributed by atoms with Crippen molar-refractivity contribution in [2.75, 3.05) is 26.2 Å². The van der Waals surface area contributed by atoms with Gasteiger partial charge in [-0.2, -0.15) is 0 Å². The number of aromatic nitrogens is 1. The molecular formula is C23H23N3O3S. The van der Waals surface area contributed by atoms with E-state index in [0.717, 1.165) is 31.4 Å². The Balaban J connectivity index is 1.16. The Morgan fingerprint density at radius 2 is 1.60 bits per heavy atom. The number of thiazole rings is 1. The normalized spacial score (nSPS) is 18.9. The Bertz CT molecular complexity index is 1040. The molecule has 1 saturated heterocycles. The fourth-order valence-corrected chi connectivity index (χ4v) is 5.54. The highest BCUT2D eigenvalue weighted by molar-refractivity contribution is 7.18. The maximum atomic E-state index is 12.5. The van der Waals surface area contributed by atoms with Crippen LogP contribution in [0.25, 0.3) is 10.2 Å². The second-order valence-electron chi connectivity index (χ2n) is 8.02. The predicted molar refractivity (Wildman–Crippen MR) is 116 cm³/mol. The number of carbonyl (C=O) groups is 2. The van der Waals surface area contributed by atoms with Crippen LogP contribution in [0, 0.1) is 0 Å². The van der Waals surface area contributed by atoms with Gasteiger partial charge in [-0.3, -0.25) is 14.5 Å². The number of hydrogen-bond acceptors (Lipinski definition) is 6. The molecule has 1 N–H and O–H groups in total. The van der Waals surface area contributed by atoms with Gasteiger partial charge in [0.2, 0.25) is 0 Å². The summed E-state index contributed by atoms with van der Waals surface area (Å²) in [5.41, 5.74) is 1.91. The standard InChI is InChI=1S/C23H23N3O3S/c27-16(14-26-22(28)17-5-1-2-6-18(17)23(26)29)13-25-11-9-15(10-12-25)21-24-19-7-3-4-8-20(19)30-21/h1-8,15-16,27H,9-14H2/t16-/m1/s1. The number of amides is 2. The lowest BCUT2D eigenvalue weighted by Crippen LogP contribution is -2.44. The van der Waals surface area contributed by atoms with E-state index in [1.807, 2.05) is 12.1 Å². The summed E-state index contributed by atoms with van der Waals surface area (Å²) in [5, 5.41) is 11.8. The molecule has 1 aromatic heterocycles. The zero-order valence-electron chi connectivity index (χ0n) is 16.5. The minimum Gasteiger partial charge on any atom is -0.390 e. The molecule has 1 fully saturated rings. The van der Waals surface area contributed by atoms with E-state index in [9.17, 15) is 14.7 Å². The number of likely N-dealkylation sites (tertiary alicyclic amines) is 1. The third-order valence-electron chi connectivity index (χ3n) is 5.99. The maximum absolute atomic E-state index is 12.5. The van der Waals surface area contributed by atoms with Crippen molar-refractivity contribution in [3.8, 4) is 0 Å². The number of fused-ring (bicyclic) bond motifs is 2. The first-order valence-corrected chi connectivity index (χ1v) is 11.1. The van der Waals surface area contributed by atoms with Gasteiger partial charge in [-0.15, -0.1) is 11.3 Å². The number of para-hydroxylation sites is 1. The van der Waals surface area contributed by atoms with E-state index in [1.54, 1.807) is 35.6 Å². The number of aliphatic hydroxyl groups is 1. The van der Waals surface area contributed by atoms with Gasteiger partial charge in [-0.1, -0.05) is 24.3 Å². The Morgan fingerprint density at radius 3 is 2.27 bits per heavy atom. The minimum absolute atomic E-state index is 0.0319. The van der Waals surface area contributed by atoms with Crippen LogP contribution in [0.5, 0.6) is 0 Å². The van der Waals surface area contributed by atoms with Crippen molar-refractivity contribution < 1.29 is 14.7 Å². The summed E-state index contributed by atoms with van der Waals surface area (Å²) in [6.07, 6.45) is 1.24. The van der Waals surface area contributed by atoms with Crippen LogP contribution in [0.2, 0.25) is 0 Å². The summed E-state index contributed by atoms with van der Waals surface area (Å²) in [6.45, 7) is 2.24. The summed E-state index contributed by atoms with van der Waals surface area (Å²) >= 11 is 1.77. The van der Waals surface area contributed by atoms with Gasteiger partial charge in [0.15, 0.2) is 0 Å². The Kier molecular flexibility index (Phi) is 5.10. The lowest BCUT2D eigenvalue weighted by atomic mass is 9.97. The average Bonchev–Trinajstić information content (AvgIpc) is 3.30. The smallest absolute Gasteiger partial charge is 0.261 e. The van der Waals surface area contributed by atoms with E-state index in [2.05, 4.69) is 17.0 Å². The molecule has 0 bridgehead atoms. The van der Waals surface area contributed by atoms with Crippen LogP contribution in [-0.2, 0) is 0 Å². The third-order valence-corrected chi connectivity index (χ3v) is 7.19. The molecule has 3 aromatic rings. The Hall–Kier alpha value is -2.61. The number of β-amino-alcohol motifs (C(OH)–C–C–N with tert-alkyl or cyclic N) is 1. The van der Waals surface area contributed by atoms with Crippen molar-refractivity contribution in [3.05, 3.63) is 64.7 Å². The van der Waals surface area contributed by atoms with Gasteiger partial charge in [0.1, 0.15) is 0 Å². The molecule has 0 unspecified atom stereocenters. The monoisotopic (exact) mass is 421 g/mol. The Morgan fingerprint density at radius 1 is 0.967 bits per heavy atom. The highest BCUT2D eigenvalue weighted by Crippen LogP contribution is 2.33. The lowest BCUT2D eigenvalue weighted by Gasteiger charge is -2.33. The van der Waals surface area contributed by atoms with E-state index in [1.165, 1.54) is 14.6 Å². The van der Waals surface area contributed by atoms with E-state index < -0.39 is 6.10 Å². The van der Waals surface area contributed by atoms with E-state index in [-0.39, 0.29) is 18.4 Å². The highest BCUT2D eigenvalue weighted by atomic mass is 32.1. The fraction of sp³-hybridized carbons (Fsp3) is 0.348. The van der Waals surface area contributed by atoms with Crippen molar-refractivity contribution in [3.63, 3.8) is 0 Å². The van der Waals surface area contributed by atoms with E-state index in [0.29, 0.717) is 23.6 Å². The van der Waals surface area contributed by atoms with Crippen molar-refractivity contribution in [1.29, 1.82) is 0 Å². The van der Waals surface area contributed by atoms with Gasteiger partial charge in [-0.05, 0) is 50.2 Å². The summed E-state index contributed by atoms with van der Waals surface area (Å²) < 4.78 is 1.23. The van der Waals surface area contributed by atoms with Gasteiger partial charge in [-0.25, -0.2) is 4.98 Å². The van der Waals surface area contributed by atoms with Crippen LogP contribution < -0.4 is 0 Å². The quantitative estimate of drug-likeness (QED) is 0.641. The molecule has 7 heteroatoms. The van der Waals surface area contributed by atoms with Crippen LogP contribution in [0.3, 0.4) is 0 Å². The molecule has 0 saturated carbocycles. The molecule has 0 aliphatic carbocycles. The van der Waals surface area contributed by atoms with Crippen LogP contribution in [0.4, 0.5) is 0 Å². The molecule has 2 amide bonds. The summed E-state index contributed by atoms with van der Waals surface area (Å²) in [4.78, 5) is 33.1. The van der Waals surface area contributed by atoms with Crippen LogP contribution >= 0.6 is 11.3 Å². The number of carbonyl (C=O) groups excluding carboxylic acids is 2. The summed E-state index contributed by atoms with van der Waals surface area (Å²) in [7, 11) is 0. The number of aliphatic hydroxyl groups excluding tert-OH is 1. The molecule has 1 atom stereocenters. The van der Waals surface area contributed by atoms with Gasteiger partial charge in [0, 0.05) is 12.5 Å². The second-order valence-corrected chi connectivity index (χ2v) is 9.08. The molecule has 30 heavy (non-hydrogen) atoms. The fourth-order valence-electron chi connectivity index (χ4n) is 4.40. The van der Waals surface area contributed by atoms with Crippen LogP contribution in [-0.4, -0.2) is 64.0 Å². The zero-order chi connectivity index (χ0) is 20.7. The van der Waals surface area contributed by atoms with Gasteiger partial charge < -0.3 is 10.0 Å². The van der Waals surface area contributed by atoms with Crippen molar-refractivity contribution in [2.24, 2.45) is 0 Å². The first-order chi connectivity index (χ1) is 14.6. The molecule has 154 valence electrons. The molecular weight excluding hydrogens is 398 g/mol. The van der Waals surface area contributed by atoms with E-state index >= 15 is 0 Å². The number of piperidine rings is 1. The third kappa shape index (κ3) is 3.53. The molecule has 2 aliphatic heterocycles. The molecule has 5 rings (SSSR count). The molecule has 2 aliphatic rings. The topological polar surface area (TPSA) is 73.7 Å². The predicted octanol–water partition coefficient (Wildman–Crippen LogP) is 3.13. The van der Waals surface area contributed by atoms with Crippen molar-refractivity contribution >= 4 is 33.4 Å². The SMILES string of the molecule is O=C1c2ccccc2C(=O)N1C[C@H](O)CN1CCC(c2nc3ccccc3s2)CC1. The van der Waals surface area contributed by atoms with Gasteiger partial charge >= 0.3 is 0 Å². The van der Waals surface area contributed by atoms with Gasteiger partial charge in [0.25, 0.3) is 11.8 Å². The summed E-state index contributed by atoms with van der Waals surface area (Å²) in [6, 6.07) is 15.1. The van der Waals surface area contributed by atoms with Gasteiger partial charge in [0.05, 0.1) is 39.0 Å². The number of rotatable bonds is 5. The van der Waals surface area contributed by atoms with E-state index in [4.69, 9.17) is 4.98 Å². The average molecular weight is 422 g/mol. The van der Waals surface area contributed by atoms with Crippen molar-refractivity contribution in [2.45, 2.75) is 24.9 Å². The molecule has 6 nitrogen and oxygen atoms in total. The molecule has 0 radical (unpaired) electrons. The minimum atomic E-state index is -0.758. The molecule has 3 heterocycles. The number of nitrogens with zero attached hydrogens (tertiary/aromatic N) is 3.